The summed E-state index contributed by atoms with van der Waals surface area (Å²) in [6, 6.07) is 6.35. The lowest BCUT2D eigenvalue weighted by Crippen LogP contribution is -2.25. The molecule has 0 spiro atoms. The van der Waals surface area contributed by atoms with Gasteiger partial charge in [0.05, 0.1) is 10.6 Å². The number of nitrogens with zero attached hydrogens (tertiary/aromatic N) is 5. The van der Waals surface area contributed by atoms with E-state index in [-0.39, 0.29) is 6.10 Å². The van der Waals surface area contributed by atoms with Crippen LogP contribution in [0.15, 0.2) is 36.8 Å². The molecule has 0 unspecified atom stereocenters. The summed E-state index contributed by atoms with van der Waals surface area (Å²) >= 11 is 1.53. The summed E-state index contributed by atoms with van der Waals surface area (Å²) in [7, 11) is 4.08. The molecule has 1 N–H and O–H groups in total. The van der Waals surface area contributed by atoms with E-state index in [0.717, 1.165) is 40.9 Å². The maximum absolute atomic E-state index is 5.79. The summed E-state index contributed by atoms with van der Waals surface area (Å²) in [5, 5.41) is 4.02. The standard InChI is InChI=1S/C19H22N6OS/c1-25(2)12-13-6-7-17(21-10-13)24-19-22-11-16(27-19)15-8-9-20-18(23-15)26-14-4-3-5-14/h6-11,14H,3-5,12H2,1-2H3,(H,21,22,24). The number of aromatic nitrogens is 4. The van der Waals surface area contributed by atoms with Gasteiger partial charge in [0.1, 0.15) is 11.9 Å². The topological polar surface area (TPSA) is 76.1 Å². The van der Waals surface area contributed by atoms with Crippen molar-refractivity contribution in [1.29, 1.82) is 0 Å². The minimum absolute atomic E-state index is 0.264. The summed E-state index contributed by atoms with van der Waals surface area (Å²) in [5.41, 5.74) is 1.99. The lowest BCUT2D eigenvalue weighted by atomic mass is 9.96. The van der Waals surface area contributed by atoms with Crippen molar-refractivity contribution in [2.45, 2.75) is 31.9 Å². The molecule has 140 valence electrons. The first-order chi connectivity index (χ1) is 13.2. The number of hydrogen-bond acceptors (Lipinski definition) is 8. The molecule has 27 heavy (non-hydrogen) atoms. The predicted molar refractivity (Wildman–Crippen MR) is 106 cm³/mol. The molecule has 1 aliphatic rings. The summed E-state index contributed by atoms with van der Waals surface area (Å²) in [6.45, 7) is 0.869. The van der Waals surface area contributed by atoms with Crippen LogP contribution in [0.2, 0.25) is 0 Å². The van der Waals surface area contributed by atoms with Gasteiger partial charge in [-0.25, -0.2) is 15.0 Å². The maximum Gasteiger partial charge on any atom is 0.317 e. The number of rotatable bonds is 7. The van der Waals surface area contributed by atoms with Crippen molar-refractivity contribution in [1.82, 2.24) is 24.8 Å². The minimum atomic E-state index is 0.264. The van der Waals surface area contributed by atoms with E-state index in [1.54, 1.807) is 6.20 Å². The Balaban J connectivity index is 1.43. The van der Waals surface area contributed by atoms with E-state index in [2.05, 4.69) is 36.2 Å². The Kier molecular flexibility index (Phi) is 5.26. The number of pyridine rings is 1. The Morgan fingerprint density at radius 2 is 2.04 bits per heavy atom. The van der Waals surface area contributed by atoms with Crippen LogP contribution in [0.4, 0.5) is 10.9 Å². The van der Waals surface area contributed by atoms with Gasteiger partial charge >= 0.3 is 6.01 Å². The van der Waals surface area contributed by atoms with E-state index < -0.39 is 0 Å². The number of hydrogen-bond donors (Lipinski definition) is 1. The smallest absolute Gasteiger partial charge is 0.317 e. The third-order valence-electron chi connectivity index (χ3n) is 4.27. The molecule has 0 saturated heterocycles. The van der Waals surface area contributed by atoms with Gasteiger partial charge in [0.2, 0.25) is 0 Å². The fraction of sp³-hybridized carbons (Fsp3) is 0.368. The fourth-order valence-corrected chi connectivity index (χ4v) is 3.48. The van der Waals surface area contributed by atoms with E-state index >= 15 is 0 Å². The van der Waals surface area contributed by atoms with Crippen molar-refractivity contribution < 1.29 is 4.74 Å². The lowest BCUT2D eigenvalue weighted by Gasteiger charge is -2.24. The Bertz CT molecular complexity index is 891. The highest BCUT2D eigenvalue weighted by atomic mass is 32.1. The van der Waals surface area contributed by atoms with Crippen LogP contribution in [0.5, 0.6) is 6.01 Å². The zero-order chi connectivity index (χ0) is 18.6. The van der Waals surface area contributed by atoms with Crippen molar-refractivity contribution in [3.8, 4) is 16.6 Å². The Labute approximate surface area is 162 Å². The van der Waals surface area contributed by atoms with Crippen molar-refractivity contribution in [2.24, 2.45) is 0 Å². The summed E-state index contributed by atoms with van der Waals surface area (Å²) in [5.74, 6) is 0.773. The molecule has 0 amide bonds. The zero-order valence-electron chi connectivity index (χ0n) is 15.4. The van der Waals surface area contributed by atoms with Gasteiger partial charge in [0.15, 0.2) is 5.13 Å². The van der Waals surface area contributed by atoms with Crippen LogP contribution in [0, 0.1) is 0 Å². The number of thiazole rings is 1. The van der Waals surface area contributed by atoms with Crippen molar-refractivity contribution in [2.75, 3.05) is 19.4 Å². The second-order valence-corrected chi connectivity index (χ2v) is 7.87. The molecule has 0 aromatic carbocycles. The number of anilines is 2. The maximum atomic E-state index is 5.79. The van der Waals surface area contributed by atoms with Crippen LogP contribution in [-0.2, 0) is 6.54 Å². The first kappa shape index (κ1) is 17.8. The second kappa shape index (κ2) is 7.98. The monoisotopic (exact) mass is 382 g/mol. The highest BCUT2D eigenvalue weighted by Crippen LogP contribution is 2.30. The third-order valence-corrected chi connectivity index (χ3v) is 5.21. The van der Waals surface area contributed by atoms with E-state index in [9.17, 15) is 0 Å². The quantitative estimate of drug-likeness (QED) is 0.667. The van der Waals surface area contributed by atoms with Gasteiger partial charge in [-0.2, -0.15) is 4.98 Å². The molecule has 3 heterocycles. The van der Waals surface area contributed by atoms with Crippen molar-refractivity contribution in [3.63, 3.8) is 0 Å². The van der Waals surface area contributed by atoms with Crippen molar-refractivity contribution >= 4 is 22.3 Å². The Morgan fingerprint density at radius 1 is 1.15 bits per heavy atom. The fourth-order valence-electron chi connectivity index (χ4n) is 2.69. The highest BCUT2D eigenvalue weighted by Gasteiger charge is 2.20. The second-order valence-electron chi connectivity index (χ2n) is 6.84. The molecule has 8 heteroatoms. The van der Waals surface area contributed by atoms with Crippen LogP contribution >= 0.6 is 11.3 Å². The lowest BCUT2D eigenvalue weighted by molar-refractivity contribution is 0.108. The van der Waals surface area contributed by atoms with Crippen LogP contribution in [0.3, 0.4) is 0 Å². The van der Waals surface area contributed by atoms with Gasteiger partial charge in [-0.15, -0.1) is 0 Å². The van der Waals surface area contributed by atoms with Gasteiger partial charge in [0, 0.05) is 25.1 Å². The molecule has 0 atom stereocenters. The molecule has 0 radical (unpaired) electrons. The average Bonchev–Trinajstić information content (AvgIpc) is 3.08. The SMILES string of the molecule is CN(C)Cc1ccc(Nc2ncc(-c3ccnc(OC4CCC4)n3)s2)nc1. The largest absolute Gasteiger partial charge is 0.460 e. The third kappa shape index (κ3) is 4.58. The molecule has 1 fully saturated rings. The molecular formula is C19H22N6OS. The van der Waals surface area contributed by atoms with E-state index in [0.29, 0.717) is 6.01 Å². The van der Waals surface area contributed by atoms with Crippen molar-refractivity contribution in [3.05, 3.63) is 42.4 Å². The molecule has 0 aliphatic heterocycles. The van der Waals surface area contributed by atoms with Gasteiger partial charge in [0.25, 0.3) is 0 Å². The molecule has 0 bridgehead atoms. The van der Waals surface area contributed by atoms with Gasteiger partial charge in [-0.3, -0.25) is 0 Å². The molecule has 4 rings (SSSR count). The summed E-state index contributed by atoms with van der Waals surface area (Å²) in [6.07, 6.45) is 9.08. The first-order valence-corrected chi connectivity index (χ1v) is 9.80. The van der Waals surface area contributed by atoms with Crippen LogP contribution < -0.4 is 10.1 Å². The predicted octanol–water partition coefficient (Wildman–Crippen LogP) is 3.73. The normalized spacial score (nSPS) is 14.2. The molecule has 1 saturated carbocycles. The van der Waals surface area contributed by atoms with Gasteiger partial charge in [-0.1, -0.05) is 17.4 Å². The Hall–Kier alpha value is -2.58. The van der Waals surface area contributed by atoms with E-state index in [4.69, 9.17) is 4.74 Å². The molecular weight excluding hydrogens is 360 g/mol. The first-order valence-electron chi connectivity index (χ1n) is 8.98. The molecule has 3 aromatic rings. The molecule has 3 aromatic heterocycles. The number of nitrogens with one attached hydrogen (secondary N) is 1. The van der Waals surface area contributed by atoms with Gasteiger partial charge < -0.3 is 15.0 Å². The van der Waals surface area contributed by atoms with Crippen LogP contribution in [-0.4, -0.2) is 45.0 Å². The highest BCUT2D eigenvalue weighted by molar-refractivity contribution is 7.18. The number of ether oxygens (including phenoxy) is 1. The van der Waals surface area contributed by atoms with E-state index in [1.165, 1.54) is 23.3 Å². The molecule has 1 aliphatic carbocycles. The molecule has 7 nitrogen and oxygen atoms in total. The van der Waals surface area contributed by atoms with Crippen LogP contribution in [0.1, 0.15) is 24.8 Å². The average molecular weight is 382 g/mol. The Morgan fingerprint density at radius 3 is 2.74 bits per heavy atom. The zero-order valence-corrected chi connectivity index (χ0v) is 16.2. The summed E-state index contributed by atoms with van der Waals surface area (Å²) in [4.78, 5) is 20.7. The van der Waals surface area contributed by atoms with Crippen LogP contribution in [0.25, 0.3) is 10.6 Å². The minimum Gasteiger partial charge on any atom is -0.460 e. The van der Waals surface area contributed by atoms with Gasteiger partial charge in [-0.05, 0) is 51.1 Å². The summed E-state index contributed by atoms with van der Waals surface area (Å²) < 4.78 is 5.79. The van der Waals surface area contributed by atoms with E-state index in [1.807, 2.05) is 38.6 Å².